The number of amidine groups is 1. The predicted octanol–water partition coefficient (Wildman–Crippen LogP) is 2.85. The molecule has 0 aromatic heterocycles. The van der Waals surface area contributed by atoms with Gasteiger partial charge in [-0.05, 0) is 77.6 Å². The lowest BCUT2D eigenvalue weighted by Gasteiger charge is -2.39. The highest BCUT2D eigenvalue weighted by Gasteiger charge is 2.40. The molecule has 1 saturated carbocycles. The minimum Gasteiger partial charge on any atom is -0.444 e. The molecule has 0 radical (unpaired) electrons. The van der Waals surface area contributed by atoms with E-state index in [9.17, 15) is 9.59 Å². The normalized spacial score (nSPS) is 19.7. The van der Waals surface area contributed by atoms with Crippen LogP contribution in [0, 0.1) is 0 Å². The second-order valence-electron chi connectivity index (χ2n) is 9.41. The monoisotopic (exact) mass is 428 g/mol. The number of rotatable bonds is 4. The van der Waals surface area contributed by atoms with Gasteiger partial charge in [0.25, 0.3) is 5.91 Å². The van der Waals surface area contributed by atoms with Crippen LogP contribution in [0.25, 0.3) is 0 Å². The van der Waals surface area contributed by atoms with Crippen LogP contribution in [0.5, 0.6) is 0 Å². The number of nitrogens with zero attached hydrogens (tertiary/aromatic N) is 4. The summed E-state index contributed by atoms with van der Waals surface area (Å²) in [5, 5.41) is 5.90. The molecule has 2 N–H and O–H groups in total. The fourth-order valence-electron chi connectivity index (χ4n) is 4.08. The molecule has 2 heterocycles. The maximum Gasteiger partial charge on any atom is 0.410 e. The minimum absolute atomic E-state index is 0.0719. The number of hydrogen-bond acceptors (Lipinski definition) is 7. The standard InChI is InChI=1S/C22H32N6O3/c1-15-23-24-25-28(15)19-7-5-16(6-8-19)20(29)27(17-9-10-17)18-11-13-26(14-12-18)21(30)31-22(2,3)4/h5-8,17-18,24-25H,9-14H2,1-4H3. The molecule has 9 heteroatoms. The van der Waals surface area contributed by atoms with Crippen LogP contribution in [0.4, 0.5) is 10.5 Å². The lowest BCUT2D eigenvalue weighted by Crippen LogP contribution is -2.50. The molecule has 0 unspecified atom stereocenters. The Morgan fingerprint density at radius 1 is 1.06 bits per heavy atom. The van der Waals surface area contributed by atoms with Crippen LogP contribution >= 0.6 is 0 Å². The van der Waals surface area contributed by atoms with Gasteiger partial charge in [0.2, 0.25) is 0 Å². The van der Waals surface area contributed by atoms with Gasteiger partial charge in [0, 0.05) is 30.7 Å². The summed E-state index contributed by atoms with van der Waals surface area (Å²) >= 11 is 0. The van der Waals surface area contributed by atoms with E-state index >= 15 is 0 Å². The van der Waals surface area contributed by atoms with Gasteiger partial charge >= 0.3 is 6.09 Å². The quantitative estimate of drug-likeness (QED) is 0.767. The summed E-state index contributed by atoms with van der Waals surface area (Å²) in [6.07, 6.45) is 3.39. The SMILES string of the molecule is CC1=NNNN1c1ccc(C(=O)N(C2CC2)C2CCN(C(=O)OC(C)(C)C)CC2)cc1. The van der Waals surface area contributed by atoms with E-state index in [2.05, 4.69) is 21.1 Å². The first-order valence-corrected chi connectivity index (χ1v) is 11.0. The first kappa shape index (κ1) is 21.4. The van der Waals surface area contributed by atoms with Crippen molar-refractivity contribution in [2.24, 2.45) is 5.10 Å². The van der Waals surface area contributed by atoms with Gasteiger partial charge in [0.05, 0.1) is 5.69 Å². The van der Waals surface area contributed by atoms with Crippen molar-refractivity contribution >= 4 is 23.5 Å². The van der Waals surface area contributed by atoms with Gasteiger partial charge < -0.3 is 14.5 Å². The Bertz CT molecular complexity index is 851. The van der Waals surface area contributed by atoms with Gasteiger partial charge in [-0.3, -0.25) is 4.79 Å². The number of ether oxygens (including phenoxy) is 1. The number of hydrogen-bond donors (Lipinski definition) is 2. The van der Waals surface area contributed by atoms with Gasteiger partial charge in [-0.25, -0.2) is 15.3 Å². The molecule has 31 heavy (non-hydrogen) atoms. The summed E-state index contributed by atoms with van der Waals surface area (Å²) in [7, 11) is 0. The Hall–Kier alpha value is -2.81. The number of piperidine rings is 1. The number of carbonyl (C=O) groups excluding carboxylic acids is 2. The van der Waals surface area contributed by atoms with E-state index in [0.717, 1.165) is 37.2 Å². The first-order chi connectivity index (χ1) is 14.7. The first-order valence-electron chi connectivity index (χ1n) is 11.0. The topological polar surface area (TPSA) is 89.5 Å². The number of anilines is 1. The number of amides is 2. The summed E-state index contributed by atoms with van der Waals surface area (Å²) < 4.78 is 5.49. The van der Waals surface area contributed by atoms with Crippen LogP contribution in [0.2, 0.25) is 0 Å². The summed E-state index contributed by atoms with van der Waals surface area (Å²) in [5.41, 5.74) is 6.76. The molecular formula is C22H32N6O3. The third-order valence-corrected chi connectivity index (χ3v) is 5.76. The predicted molar refractivity (Wildman–Crippen MR) is 118 cm³/mol. The Kier molecular flexibility index (Phi) is 5.79. The highest BCUT2D eigenvalue weighted by molar-refractivity contribution is 5.98. The van der Waals surface area contributed by atoms with Crippen molar-refractivity contribution in [2.75, 3.05) is 18.1 Å². The molecule has 1 aromatic carbocycles. The average Bonchev–Trinajstić information content (AvgIpc) is 3.47. The molecule has 1 aromatic rings. The van der Waals surface area contributed by atoms with Crippen LogP contribution < -0.4 is 16.1 Å². The minimum atomic E-state index is -0.499. The molecule has 2 aliphatic heterocycles. The molecule has 3 aliphatic rings. The molecular weight excluding hydrogens is 396 g/mol. The van der Waals surface area contributed by atoms with Gasteiger partial charge in [0.1, 0.15) is 11.4 Å². The number of hydrazone groups is 1. The number of nitrogens with one attached hydrogen (secondary N) is 2. The van der Waals surface area contributed by atoms with Crippen molar-refractivity contribution in [2.45, 2.75) is 71.1 Å². The summed E-state index contributed by atoms with van der Waals surface area (Å²) in [6, 6.07) is 8.04. The molecule has 2 fully saturated rings. The largest absolute Gasteiger partial charge is 0.444 e. The molecule has 168 valence electrons. The maximum atomic E-state index is 13.4. The molecule has 2 amide bonds. The molecule has 0 spiro atoms. The van der Waals surface area contributed by atoms with Gasteiger partial charge in [-0.15, -0.1) is 10.6 Å². The van der Waals surface area contributed by atoms with E-state index in [0.29, 0.717) is 24.7 Å². The number of carbonyl (C=O) groups is 2. The van der Waals surface area contributed by atoms with Crippen LogP contribution in [0.1, 0.15) is 63.7 Å². The smallest absolute Gasteiger partial charge is 0.410 e. The van der Waals surface area contributed by atoms with Crippen molar-refractivity contribution in [1.82, 2.24) is 20.9 Å². The highest BCUT2D eigenvalue weighted by atomic mass is 16.6. The number of hydrazine groups is 2. The zero-order valence-electron chi connectivity index (χ0n) is 18.7. The van der Waals surface area contributed by atoms with E-state index < -0.39 is 5.60 Å². The van der Waals surface area contributed by atoms with Crippen molar-refractivity contribution in [3.63, 3.8) is 0 Å². The maximum absolute atomic E-state index is 13.4. The van der Waals surface area contributed by atoms with E-state index in [4.69, 9.17) is 4.74 Å². The zero-order chi connectivity index (χ0) is 22.2. The van der Waals surface area contributed by atoms with Crippen molar-refractivity contribution in [3.8, 4) is 0 Å². The molecule has 4 rings (SSSR count). The molecule has 1 saturated heterocycles. The van der Waals surface area contributed by atoms with Crippen molar-refractivity contribution < 1.29 is 14.3 Å². The second kappa shape index (κ2) is 8.37. The van der Waals surface area contributed by atoms with E-state index in [-0.39, 0.29) is 18.0 Å². The Labute approximate surface area is 183 Å². The van der Waals surface area contributed by atoms with E-state index in [1.54, 1.807) is 4.90 Å². The van der Waals surface area contributed by atoms with Gasteiger partial charge in [-0.1, -0.05) is 0 Å². The van der Waals surface area contributed by atoms with Crippen LogP contribution in [-0.4, -0.2) is 58.4 Å². The molecule has 1 aliphatic carbocycles. The Morgan fingerprint density at radius 2 is 1.68 bits per heavy atom. The number of likely N-dealkylation sites (tertiary alicyclic amines) is 1. The lowest BCUT2D eigenvalue weighted by molar-refractivity contribution is 0.0142. The molecule has 0 bridgehead atoms. The molecule has 0 atom stereocenters. The van der Waals surface area contributed by atoms with Crippen LogP contribution in [0.15, 0.2) is 29.4 Å². The third kappa shape index (κ3) is 4.92. The van der Waals surface area contributed by atoms with Crippen molar-refractivity contribution in [1.29, 1.82) is 0 Å². The van der Waals surface area contributed by atoms with E-state index in [1.165, 1.54) is 0 Å². The van der Waals surface area contributed by atoms with E-state index in [1.807, 2.05) is 57.0 Å². The molecule has 9 nitrogen and oxygen atoms in total. The zero-order valence-corrected chi connectivity index (χ0v) is 18.7. The third-order valence-electron chi connectivity index (χ3n) is 5.76. The Balaban J connectivity index is 1.40. The van der Waals surface area contributed by atoms with Crippen LogP contribution in [0.3, 0.4) is 0 Å². The second-order valence-corrected chi connectivity index (χ2v) is 9.41. The van der Waals surface area contributed by atoms with Crippen LogP contribution in [-0.2, 0) is 4.74 Å². The van der Waals surface area contributed by atoms with Gasteiger partial charge in [-0.2, -0.15) is 0 Å². The fourth-order valence-corrected chi connectivity index (χ4v) is 4.08. The lowest BCUT2D eigenvalue weighted by atomic mass is 10.0. The highest BCUT2D eigenvalue weighted by Crippen LogP contribution is 2.33. The van der Waals surface area contributed by atoms with Crippen molar-refractivity contribution in [3.05, 3.63) is 29.8 Å². The Morgan fingerprint density at radius 3 is 2.19 bits per heavy atom. The number of benzene rings is 1. The van der Waals surface area contributed by atoms with Gasteiger partial charge in [0.15, 0.2) is 0 Å². The summed E-state index contributed by atoms with van der Waals surface area (Å²) in [5.74, 6) is 0.873. The average molecular weight is 429 g/mol. The summed E-state index contributed by atoms with van der Waals surface area (Å²) in [6.45, 7) is 8.75. The fraction of sp³-hybridized carbons (Fsp3) is 0.591. The summed E-state index contributed by atoms with van der Waals surface area (Å²) in [4.78, 5) is 29.6.